The van der Waals surface area contributed by atoms with Gasteiger partial charge in [0.15, 0.2) is 5.13 Å². The largest absolute Gasteiger partial charge is 0.296 e. The molecule has 0 atom stereocenters. The van der Waals surface area contributed by atoms with E-state index in [0.29, 0.717) is 23.7 Å². The number of halogens is 1. The van der Waals surface area contributed by atoms with Crippen LogP contribution in [0.5, 0.6) is 0 Å². The van der Waals surface area contributed by atoms with Gasteiger partial charge in [-0.25, -0.2) is 17.8 Å². The number of amides is 1. The van der Waals surface area contributed by atoms with E-state index in [1.165, 1.54) is 40.0 Å². The molecule has 7 nitrogen and oxygen atoms in total. The first-order valence-electron chi connectivity index (χ1n) is 8.84. The number of benzene rings is 1. The van der Waals surface area contributed by atoms with Gasteiger partial charge in [-0.1, -0.05) is 18.2 Å². The fraction of sp³-hybridized carbons (Fsp3) is 0.211. The lowest BCUT2D eigenvalue weighted by Gasteiger charge is -2.25. The van der Waals surface area contributed by atoms with Gasteiger partial charge in [-0.05, 0) is 29.8 Å². The first-order chi connectivity index (χ1) is 13.9. The average molecular weight is 433 g/mol. The van der Waals surface area contributed by atoms with Gasteiger partial charge in [-0.2, -0.15) is 4.31 Å². The van der Waals surface area contributed by atoms with E-state index in [-0.39, 0.29) is 23.9 Å². The lowest BCUT2D eigenvalue weighted by atomic mass is 10.2. The fourth-order valence-corrected chi connectivity index (χ4v) is 5.63. The molecule has 0 spiro atoms. The van der Waals surface area contributed by atoms with Gasteiger partial charge in [-0.15, -0.1) is 11.3 Å². The van der Waals surface area contributed by atoms with Crippen molar-refractivity contribution in [2.45, 2.75) is 18.7 Å². The van der Waals surface area contributed by atoms with Crippen molar-refractivity contribution in [1.82, 2.24) is 14.3 Å². The molecule has 2 aromatic heterocycles. The second kappa shape index (κ2) is 7.97. The summed E-state index contributed by atoms with van der Waals surface area (Å²) >= 11 is 1.25. The molecule has 0 bridgehead atoms. The van der Waals surface area contributed by atoms with E-state index in [9.17, 15) is 17.6 Å². The van der Waals surface area contributed by atoms with Gasteiger partial charge in [0.05, 0.1) is 11.4 Å². The van der Waals surface area contributed by atoms with Gasteiger partial charge in [0.2, 0.25) is 10.0 Å². The Morgan fingerprint density at radius 1 is 1.24 bits per heavy atom. The van der Waals surface area contributed by atoms with Crippen molar-refractivity contribution in [2.75, 3.05) is 11.9 Å². The topological polar surface area (TPSA) is 92.3 Å². The maximum atomic E-state index is 13.4. The minimum atomic E-state index is -3.60. The van der Waals surface area contributed by atoms with E-state index in [0.717, 1.165) is 10.6 Å². The van der Waals surface area contributed by atoms with E-state index in [4.69, 9.17) is 0 Å². The van der Waals surface area contributed by atoms with Gasteiger partial charge in [0, 0.05) is 30.6 Å². The number of anilines is 1. The molecule has 0 saturated heterocycles. The lowest BCUT2D eigenvalue weighted by molar-refractivity contribution is 0.102. The maximum absolute atomic E-state index is 13.4. The molecular weight excluding hydrogens is 415 g/mol. The molecule has 0 aliphatic carbocycles. The van der Waals surface area contributed by atoms with Crippen LogP contribution in [0, 0.1) is 5.82 Å². The molecule has 0 fully saturated rings. The third-order valence-corrected chi connectivity index (χ3v) is 7.24. The highest BCUT2D eigenvalue weighted by molar-refractivity contribution is 7.88. The summed E-state index contributed by atoms with van der Waals surface area (Å²) in [6, 6.07) is 10.6. The van der Waals surface area contributed by atoms with Crippen molar-refractivity contribution in [3.63, 3.8) is 0 Å². The Hall–Kier alpha value is -2.69. The smallest absolute Gasteiger partial charge is 0.276 e. The number of pyridine rings is 1. The first-order valence-corrected chi connectivity index (χ1v) is 11.3. The number of nitrogens with one attached hydrogen (secondary N) is 1. The second-order valence-electron chi connectivity index (χ2n) is 6.53. The highest BCUT2D eigenvalue weighted by Crippen LogP contribution is 2.30. The summed E-state index contributed by atoms with van der Waals surface area (Å²) in [6.07, 6.45) is 1.98. The number of aromatic nitrogens is 2. The normalized spacial score (nSPS) is 14.4. The quantitative estimate of drug-likeness (QED) is 0.669. The van der Waals surface area contributed by atoms with E-state index in [2.05, 4.69) is 15.3 Å². The molecule has 3 aromatic rings. The van der Waals surface area contributed by atoms with Gasteiger partial charge in [0.25, 0.3) is 5.91 Å². The Balaban J connectivity index is 1.46. The molecule has 1 aliphatic heterocycles. The van der Waals surface area contributed by atoms with Crippen LogP contribution in [-0.4, -0.2) is 35.1 Å². The first kappa shape index (κ1) is 19.6. The molecule has 10 heteroatoms. The maximum Gasteiger partial charge on any atom is 0.276 e. The number of hydrogen-bond acceptors (Lipinski definition) is 6. The summed E-state index contributed by atoms with van der Waals surface area (Å²) < 4.78 is 40.2. The van der Waals surface area contributed by atoms with E-state index < -0.39 is 15.8 Å². The Morgan fingerprint density at radius 3 is 2.86 bits per heavy atom. The Bertz CT molecular complexity index is 1150. The standard InChI is InChI=1S/C19H17FN4O3S2/c20-14-5-3-4-13(10-14)12-29(26,27)24-9-7-15-17(11-24)28-19(22-15)23-18(25)16-6-1-2-8-21-16/h1-6,8,10H,7,9,11-12H2,(H,22,23,25). The van der Waals surface area contributed by atoms with Crippen LogP contribution < -0.4 is 5.32 Å². The third kappa shape index (κ3) is 4.50. The molecule has 0 unspecified atom stereocenters. The molecule has 29 heavy (non-hydrogen) atoms. The Morgan fingerprint density at radius 2 is 2.10 bits per heavy atom. The summed E-state index contributed by atoms with van der Waals surface area (Å²) in [4.78, 5) is 21.4. The third-order valence-electron chi connectivity index (χ3n) is 4.45. The summed E-state index contributed by atoms with van der Waals surface area (Å²) in [5, 5.41) is 3.12. The molecule has 0 radical (unpaired) electrons. The van der Waals surface area contributed by atoms with Crippen LogP contribution in [-0.2, 0) is 28.7 Å². The molecule has 3 heterocycles. The van der Waals surface area contributed by atoms with Crippen LogP contribution in [0.3, 0.4) is 0 Å². The van der Waals surface area contributed by atoms with Gasteiger partial charge >= 0.3 is 0 Å². The highest BCUT2D eigenvalue weighted by Gasteiger charge is 2.29. The zero-order valence-corrected chi connectivity index (χ0v) is 16.8. The van der Waals surface area contributed by atoms with E-state index >= 15 is 0 Å². The van der Waals surface area contributed by atoms with Crippen LogP contribution in [0.2, 0.25) is 0 Å². The molecule has 4 rings (SSSR count). The molecule has 1 aromatic carbocycles. The molecule has 1 aliphatic rings. The lowest BCUT2D eigenvalue weighted by Crippen LogP contribution is -2.36. The predicted molar refractivity (Wildman–Crippen MR) is 107 cm³/mol. The summed E-state index contributed by atoms with van der Waals surface area (Å²) in [5.41, 5.74) is 1.46. The molecule has 0 saturated carbocycles. The minimum absolute atomic E-state index is 0.185. The Kier molecular flexibility index (Phi) is 5.39. The van der Waals surface area contributed by atoms with Crippen molar-refractivity contribution in [3.05, 3.63) is 76.3 Å². The summed E-state index contributed by atoms with van der Waals surface area (Å²) in [7, 11) is -3.60. The highest BCUT2D eigenvalue weighted by atomic mass is 32.2. The van der Waals surface area contributed by atoms with Crippen LogP contribution in [0.25, 0.3) is 0 Å². The average Bonchev–Trinajstić information content (AvgIpc) is 3.09. The molecular formula is C19H17FN4O3S2. The van der Waals surface area contributed by atoms with Gasteiger partial charge < -0.3 is 0 Å². The molecule has 1 N–H and O–H groups in total. The number of sulfonamides is 1. The minimum Gasteiger partial charge on any atom is -0.296 e. The second-order valence-corrected chi connectivity index (χ2v) is 9.58. The number of hydrogen-bond donors (Lipinski definition) is 1. The fourth-order valence-electron chi connectivity index (χ4n) is 3.05. The van der Waals surface area contributed by atoms with Crippen LogP contribution in [0.1, 0.15) is 26.6 Å². The number of fused-ring (bicyclic) bond motifs is 1. The monoisotopic (exact) mass is 432 g/mol. The zero-order valence-electron chi connectivity index (χ0n) is 15.2. The number of thiazole rings is 1. The van der Waals surface area contributed by atoms with Crippen molar-refractivity contribution < 1.29 is 17.6 Å². The van der Waals surface area contributed by atoms with Gasteiger partial charge in [0.1, 0.15) is 11.5 Å². The SMILES string of the molecule is O=C(Nc1nc2c(s1)CN(S(=O)(=O)Cc1cccc(F)c1)CC2)c1ccccn1. The number of carbonyl (C=O) groups excluding carboxylic acids is 1. The zero-order chi connectivity index (χ0) is 20.4. The van der Waals surface area contributed by atoms with E-state index in [1.807, 2.05) is 0 Å². The summed E-state index contributed by atoms with van der Waals surface area (Å²) in [5.74, 6) is -1.09. The number of nitrogens with zero attached hydrogens (tertiary/aromatic N) is 3. The van der Waals surface area contributed by atoms with E-state index in [1.54, 1.807) is 24.3 Å². The molecule has 150 valence electrons. The number of carbonyl (C=O) groups is 1. The Labute approximate surface area is 171 Å². The van der Waals surface area contributed by atoms with Gasteiger partial charge in [-0.3, -0.25) is 15.1 Å². The van der Waals surface area contributed by atoms with Crippen LogP contribution >= 0.6 is 11.3 Å². The van der Waals surface area contributed by atoms with Crippen molar-refractivity contribution in [2.24, 2.45) is 0 Å². The summed E-state index contributed by atoms with van der Waals surface area (Å²) in [6.45, 7) is 0.478. The molecule has 1 amide bonds. The van der Waals surface area contributed by atoms with Crippen molar-refractivity contribution >= 4 is 32.4 Å². The predicted octanol–water partition coefficient (Wildman–Crippen LogP) is 2.82. The van der Waals surface area contributed by atoms with Crippen LogP contribution in [0.15, 0.2) is 48.7 Å². The van der Waals surface area contributed by atoms with Crippen molar-refractivity contribution in [1.29, 1.82) is 0 Å². The van der Waals surface area contributed by atoms with Crippen molar-refractivity contribution in [3.8, 4) is 0 Å². The number of rotatable bonds is 5. The van der Waals surface area contributed by atoms with Crippen LogP contribution in [0.4, 0.5) is 9.52 Å².